The number of imidazole rings is 1. The van der Waals surface area contributed by atoms with Gasteiger partial charge in [0.15, 0.2) is 0 Å². The van der Waals surface area contributed by atoms with Crippen molar-refractivity contribution in [3.63, 3.8) is 0 Å². The number of benzene rings is 1. The van der Waals surface area contributed by atoms with Gasteiger partial charge in [0, 0.05) is 24.4 Å². The third-order valence-electron chi connectivity index (χ3n) is 4.35. The van der Waals surface area contributed by atoms with Gasteiger partial charge in [0.1, 0.15) is 11.3 Å². The van der Waals surface area contributed by atoms with Crippen LogP contribution in [-0.4, -0.2) is 28.2 Å². The number of rotatable bonds is 5. The molecule has 0 fully saturated rings. The number of halogens is 1. The minimum absolute atomic E-state index is 0.328. The molecule has 1 N–H and O–H groups in total. The molecule has 0 atom stereocenters. The molecule has 130 valence electrons. The van der Waals surface area contributed by atoms with Crippen LogP contribution < -0.4 is 0 Å². The van der Waals surface area contributed by atoms with Gasteiger partial charge in [-0.3, -0.25) is 4.55 Å². The number of aromatic nitrogens is 2. The summed E-state index contributed by atoms with van der Waals surface area (Å²) in [7, 11) is -4.63. The lowest BCUT2D eigenvalue weighted by Gasteiger charge is -2.20. The van der Waals surface area contributed by atoms with E-state index in [4.69, 9.17) is 21.1 Å². The van der Waals surface area contributed by atoms with Crippen LogP contribution in [0.15, 0.2) is 17.3 Å². The lowest BCUT2D eigenvalue weighted by atomic mass is 10.0. The van der Waals surface area contributed by atoms with E-state index >= 15 is 0 Å². The van der Waals surface area contributed by atoms with Crippen LogP contribution >= 0.6 is 11.6 Å². The molecule has 0 radical (unpaired) electrons. The highest BCUT2D eigenvalue weighted by Crippen LogP contribution is 2.35. The standard InChI is InChI=1S/C15H18ClN3O4S/c1-3-9(4-2)15-17-13-11(16)6-5-10-12(18-23-24(20,21)22)7-8-19(15)14(10)13/h5-6,9H,3-4,7-8H2,1-2H3,(H,20,21,22)/b18-12+. The van der Waals surface area contributed by atoms with E-state index in [2.05, 4.69) is 27.9 Å². The van der Waals surface area contributed by atoms with Crippen LogP contribution in [-0.2, 0) is 21.2 Å². The molecule has 1 aromatic carbocycles. The SMILES string of the molecule is CCC(CC)c1nc2c(Cl)ccc3c2n1CC/C3=N\OS(=O)(=O)O. The van der Waals surface area contributed by atoms with E-state index in [9.17, 15) is 8.42 Å². The van der Waals surface area contributed by atoms with Crippen molar-refractivity contribution in [1.29, 1.82) is 0 Å². The molecule has 2 heterocycles. The smallest absolute Gasteiger partial charge is 0.327 e. The van der Waals surface area contributed by atoms with Gasteiger partial charge in [0.25, 0.3) is 0 Å². The van der Waals surface area contributed by atoms with Crippen LogP contribution in [0.1, 0.15) is 50.4 Å². The Morgan fingerprint density at radius 1 is 1.42 bits per heavy atom. The molecule has 0 unspecified atom stereocenters. The summed E-state index contributed by atoms with van der Waals surface area (Å²) in [5.41, 5.74) is 2.66. The number of hydrogen-bond acceptors (Lipinski definition) is 5. The Hall–Kier alpha value is -1.64. The monoisotopic (exact) mass is 371 g/mol. The van der Waals surface area contributed by atoms with E-state index in [1.54, 1.807) is 12.1 Å². The van der Waals surface area contributed by atoms with Crippen molar-refractivity contribution in [2.45, 2.75) is 45.6 Å². The maximum absolute atomic E-state index is 10.8. The predicted molar refractivity (Wildman–Crippen MR) is 91.9 cm³/mol. The predicted octanol–water partition coefficient (Wildman–Crippen LogP) is 3.52. The Morgan fingerprint density at radius 2 is 2.12 bits per heavy atom. The second-order valence-electron chi connectivity index (χ2n) is 5.72. The second-order valence-corrected chi connectivity index (χ2v) is 7.13. The third-order valence-corrected chi connectivity index (χ3v) is 4.92. The summed E-state index contributed by atoms with van der Waals surface area (Å²) in [6.07, 6.45) is 2.42. The fourth-order valence-corrected chi connectivity index (χ4v) is 3.57. The van der Waals surface area contributed by atoms with E-state index in [-0.39, 0.29) is 0 Å². The molecule has 0 spiro atoms. The highest BCUT2D eigenvalue weighted by atomic mass is 35.5. The maximum atomic E-state index is 10.8. The van der Waals surface area contributed by atoms with E-state index in [1.807, 2.05) is 0 Å². The lowest BCUT2D eigenvalue weighted by molar-refractivity contribution is 0.281. The van der Waals surface area contributed by atoms with Crippen molar-refractivity contribution in [3.8, 4) is 0 Å². The van der Waals surface area contributed by atoms with Crippen molar-refractivity contribution in [3.05, 3.63) is 28.5 Å². The molecule has 0 saturated carbocycles. The Balaban J connectivity index is 2.20. The quantitative estimate of drug-likeness (QED) is 0.641. The van der Waals surface area contributed by atoms with Gasteiger partial charge < -0.3 is 4.57 Å². The molecular weight excluding hydrogens is 354 g/mol. The van der Waals surface area contributed by atoms with Crippen molar-refractivity contribution < 1.29 is 17.3 Å². The number of oxime groups is 1. The van der Waals surface area contributed by atoms with Gasteiger partial charge in [-0.05, 0) is 25.0 Å². The first-order chi connectivity index (χ1) is 11.4. The molecule has 0 aliphatic carbocycles. The molecule has 1 aliphatic heterocycles. The van der Waals surface area contributed by atoms with Gasteiger partial charge in [0.05, 0.1) is 16.3 Å². The summed E-state index contributed by atoms with van der Waals surface area (Å²) in [6, 6.07) is 3.48. The fourth-order valence-electron chi connectivity index (χ4n) is 3.19. The number of hydrogen-bond donors (Lipinski definition) is 1. The average Bonchev–Trinajstić information content (AvgIpc) is 2.91. The number of aryl methyl sites for hydroxylation is 1. The zero-order valence-corrected chi connectivity index (χ0v) is 14.9. The first-order valence-corrected chi connectivity index (χ1v) is 9.52. The molecule has 1 aromatic heterocycles. The van der Waals surface area contributed by atoms with Gasteiger partial charge in [-0.15, -0.1) is 0 Å². The molecule has 0 saturated heterocycles. The highest BCUT2D eigenvalue weighted by Gasteiger charge is 2.26. The van der Waals surface area contributed by atoms with Gasteiger partial charge in [-0.25, -0.2) is 9.27 Å². The van der Waals surface area contributed by atoms with E-state index < -0.39 is 10.4 Å². The Bertz CT molecular complexity index is 916. The molecule has 9 heteroatoms. The zero-order chi connectivity index (χ0) is 17.5. The summed E-state index contributed by atoms with van der Waals surface area (Å²) in [6.45, 7) is 4.85. The first kappa shape index (κ1) is 17.2. The van der Waals surface area contributed by atoms with Crippen LogP contribution in [0.2, 0.25) is 5.02 Å². The van der Waals surface area contributed by atoms with Crippen LogP contribution in [0.4, 0.5) is 0 Å². The Morgan fingerprint density at radius 3 is 2.75 bits per heavy atom. The molecule has 3 rings (SSSR count). The minimum Gasteiger partial charge on any atom is -0.327 e. The molecular formula is C15H18ClN3O4S. The van der Waals surface area contributed by atoms with E-state index in [0.717, 1.165) is 24.2 Å². The minimum atomic E-state index is -4.63. The summed E-state index contributed by atoms with van der Waals surface area (Å²) in [5, 5.41) is 4.14. The van der Waals surface area contributed by atoms with Crippen molar-refractivity contribution in [2.24, 2.45) is 5.16 Å². The summed E-state index contributed by atoms with van der Waals surface area (Å²) >= 11 is 6.30. The third kappa shape index (κ3) is 3.01. The second kappa shape index (κ2) is 6.34. The van der Waals surface area contributed by atoms with Gasteiger partial charge in [0.2, 0.25) is 0 Å². The van der Waals surface area contributed by atoms with Crippen LogP contribution in [0, 0.1) is 0 Å². The van der Waals surface area contributed by atoms with Gasteiger partial charge in [-0.1, -0.05) is 30.6 Å². The van der Waals surface area contributed by atoms with Gasteiger partial charge in [-0.2, -0.15) is 8.42 Å². The van der Waals surface area contributed by atoms with Crippen LogP contribution in [0.3, 0.4) is 0 Å². The van der Waals surface area contributed by atoms with Crippen molar-refractivity contribution >= 4 is 38.7 Å². The van der Waals surface area contributed by atoms with Crippen molar-refractivity contribution in [2.75, 3.05) is 0 Å². The summed E-state index contributed by atoms with van der Waals surface area (Å²) in [4.78, 5) is 4.74. The molecule has 2 aromatic rings. The maximum Gasteiger partial charge on any atom is 0.466 e. The summed E-state index contributed by atoms with van der Waals surface area (Å²) < 4.78 is 36.6. The Kier molecular flexibility index (Phi) is 4.54. The molecule has 1 aliphatic rings. The van der Waals surface area contributed by atoms with E-state index in [1.165, 1.54) is 0 Å². The lowest BCUT2D eigenvalue weighted by Crippen LogP contribution is -2.19. The van der Waals surface area contributed by atoms with Crippen LogP contribution in [0.5, 0.6) is 0 Å². The first-order valence-electron chi connectivity index (χ1n) is 7.77. The summed E-state index contributed by atoms with van der Waals surface area (Å²) in [5.74, 6) is 1.31. The van der Waals surface area contributed by atoms with E-state index in [0.29, 0.717) is 40.7 Å². The fraction of sp³-hybridized carbons (Fsp3) is 0.467. The topological polar surface area (TPSA) is 93.8 Å². The highest BCUT2D eigenvalue weighted by molar-refractivity contribution is 7.80. The van der Waals surface area contributed by atoms with Gasteiger partial charge >= 0.3 is 10.4 Å². The molecule has 0 bridgehead atoms. The molecule has 0 amide bonds. The average molecular weight is 372 g/mol. The van der Waals surface area contributed by atoms with Crippen LogP contribution in [0.25, 0.3) is 11.0 Å². The molecule has 24 heavy (non-hydrogen) atoms. The molecule has 7 nitrogen and oxygen atoms in total. The number of nitrogens with zero attached hydrogens (tertiary/aromatic N) is 3. The normalized spacial score (nSPS) is 16.3. The Labute approximate surface area is 145 Å². The zero-order valence-electron chi connectivity index (χ0n) is 13.4. The van der Waals surface area contributed by atoms with Crippen molar-refractivity contribution in [1.82, 2.24) is 9.55 Å². The largest absolute Gasteiger partial charge is 0.466 e.